The average Bonchev–Trinajstić information content (AvgIpc) is 2.56. The quantitative estimate of drug-likeness (QED) is 0.816. The standard InChI is InChI=1S/C16H18ClN3O3S/c1-9(10-6-4-5-7-11(10)17)24-8-12(21)13-14(18)19(2)16(23)20(3)15(13)22/h4-7,9H,8,18H2,1-3H3. The van der Waals surface area contributed by atoms with Gasteiger partial charge in [-0.05, 0) is 18.6 Å². The molecule has 1 atom stereocenters. The van der Waals surface area contributed by atoms with Crippen LogP contribution in [-0.4, -0.2) is 20.7 Å². The van der Waals surface area contributed by atoms with Crippen molar-refractivity contribution in [3.8, 4) is 0 Å². The highest BCUT2D eigenvalue weighted by Gasteiger charge is 2.21. The molecule has 2 rings (SSSR count). The van der Waals surface area contributed by atoms with E-state index in [9.17, 15) is 14.4 Å². The van der Waals surface area contributed by atoms with Crippen LogP contribution < -0.4 is 17.0 Å². The molecule has 2 N–H and O–H groups in total. The summed E-state index contributed by atoms with van der Waals surface area (Å²) in [4.78, 5) is 36.4. The number of carbonyl (C=O) groups excluding carboxylic acids is 1. The van der Waals surface area contributed by atoms with Crippen LogP contribution in [0, 0.1) is 0 Å². The highest BCUT2D eigenvalue weighted by Crippen LogP contribution is 2.33. The first-order chi connectivity index (χ1) is 11.3. The summed E-state index contributed by atoms with van der Waals surface area (Å²) in [5.41, 5.74) is 5.32. The summed E-state index contributed by atoms with van der Waals surface area (Å²) < 4.78 is 1.97. The van der Waals surface area contributed by atoms with Crippen LogP contribution in [-0.2, 0) is 14.1 Å². The largest absolute Gasteiger partial charge is 0.384 e. The normalized spacial score (nSPS) is 12.2. The number of nitrogens with zero attached hydrogens (tertiary/aromatic N) is 2. The van der Waals surface area contributed by atoms with Crippen molar-refractivity contribution >= 4 is 35.0 Å². The van der Waals surface area contributed by atoms with E-state index in [2.05, 4.69) is 0 Å². The van der Waals surface area contributed by atoms with Crippen molar-refractivity contribution in [1.29, 1.82) is 0 Å². The van der Waals surface area contributed by atoms with E-state index in [4.69, 9.17) is 17.3 Å². The Morgan fingerprint density at radius 2 is 1.88 bits per heavy atom. The van der Waals surface area contributed by atoms with Gasteiger partial charge in [0.15, 0.2) is 5.78 Å². The molecule has 128 valence electrons. The number of Topliss-reactive ketones (excluding diaryl/α,β-unsaturated/α-hetero) is 1. The summed E-state index contributed by atoms with van der Waals surface area (Å²) in [5.74, 6) is -0.462. The molecule has 0 aliphatic rings. The zero-order chi connectivity index (χ0) is 18.0. The number of anilines is 1. The fourth-order valence-corrected chi connectivity index (χ4v) is 3.58. The third-order valence-electron chi connectivity index (χ3n) is 3.80. The lowest BCUT2D eigenvalue weighted by atomic mass is 10.2. The van der Waals surface area contributed by atoms with Gasteiger partial charge in [-0.15, -0.1) is 11.8 Å². The lowest BCUT2D eigenvalue weighted by Crippen LogP contribution is -2.41. The number of thioether (sulfide) groups is 1. The van der Waals surface area contributed by atoms with Gasteiger partial charge in [0.05, 0.1) is 5.75 Å². The van der Waals surface area contributed by atoms with Crippen molar-refractivity contribution < 1.29 is 4.79 Å². The first kappa shape index (κ1) is 18.4. The summed E-state index contributed by atoms with van der Waals surface area (Å²) in [5, 5.41) is 0.600. The first-order valence-corrected chi connectivity index (χ1v) is 8.63. The molecule has 0 amide bonds. The molecule has 8 heteroatoms. The highest BCUT2D eigenvalue weighted by atomic mass is 35.5. The van der Waals surface area contributed by atoms with Crippen LogP contribution in [0.5, 0.6) is 0 Å². The van der Waals surface area contributed by atoms with E-state index in [1.165, 1.54) is 25.9 Å². The molecule has 1 aromatic carbocycles. The van der Waals surface area contributed by atoms with Gasteiger partial charge < -0.3 is 5.73 Å². The fourth-order valence-electron chi connectivity index (χ4n) is 2.29. The SMILES string of the molecule is CC(SCC(=O)c1c(N)n(C)c(=O)n(C)c1=O)c1ccccc1Cl. The maximum Gasteiger partial charge on any atom is 0.332 e. The minimum absolute atomic E-state index is 0.0275. The third-order valence-corrected chi connectivity index (χ3v) is 5.32. The zero-order valence-electron chi connectivity index (χ0n) is 13.6. The molecular weight excluding hydrogens is 350 g/mol. The molecular formula is C16H18ClN3O3S. The van der Waals surface area contributed by atoms with Gasteiger partial charge in [-0.3, -0.25) is 18.7 Å². The summed E-state index contributed by atoms with van der Waals surface area (Å²) in [7, 11) is 2.74. The van der Waals surface area contributed by atoms with E-state index in [0.29, 0.717) is 5.02 Å². The van der Waals surface area contributed by atoms with Crippen molar-refractivity contribution in [3.63, 3.8) is 0 Å². The summed E-state index contributed by atoms with van der Waals surface area (Å²) in [6.07, 6.45) is 0. The molecule has 1 heterocycles. The third kappa shape index (κ3) is 3.42. The van der Waals surface area contributed by atoms with Gasteiger partial charge in [0.25, 0.3) is 5.56 Å². The Labute approximate surface area is 148 Å². The summed E-state index contributed by atoms with van der Waals surface area (Å²) in [6, 6.07) is 7.39. The second kappa shape index (κ2) is 7.27. The number of carbonyl (C=O) groups is 1. The lowest BCUT2D eigenvalue weighted by molar-refractivity contribution is 0.102. The topological polar surface area (TPSA) is 87.1 Å². The van der Waals surface area contributed by atoms with E-state index in [0.717, 1.165) is 14.7 Å². The van der Waals surface area contributed by atoms with Crippen LogP contribution in [0.1, 0.15) is 28.1 Å². The Balaban J connectivity index is 2.24. The van der Waals surface area contributed by atoms with Gasteiger partial charge in [0.1, 0.15) is 11.4 Å². The number of rotatable bonds is 5. The zero-order valence-corrected chi connectivity index (χ0v) is 15.1. The number of aromatic nitrogens is 2. The van der Waals surface area contributed by atoms with Gasteiger partial charge in [-0.1, -0.05) is 29.8 Å². The second-order valence-electron chi connectivity index (χ2n) is 5.36. The van der Waals surface area contributed by atoms with E-state index in [-0.39, 0.29) is 22.4 Å². The van der Waals surface area contributed by atoms with Crippen molar-refractivity contribution in [2.45, 2.75) is 12.2 Å². The maximum absolute atomic E-state index is 12.5. The van der Waals surface area contributed by atoms with Gasteiger partial charge in [0, 0.05) is 24.4 Å². The molecule has 1 unspecified atom stereocenters. The molecule has 0 saturated heterocycles. The molecule has 2 aromatic rings. The molecule has 1 aromatic heterocycles. The van der Waals surface area contributed by atoms with Crippen molar-refractivity contribution in [1.82, 2.24) is 9.13 Å². The molecule has 24 heavy (non-hydrogen) atoms. The van der Waals surface area contributed by atoms with Gasteiger partial charge in [-0.25, -0.2) is 4.79 Å². The fraction of sp³-hybridized carbons (Fsp3) is 0.312. The Morgan fingerprint density at radius 1 is 1.25 bits per heavy atom. The number of benzene rings is 1. The Morgan fingerprint density at radius 3 is 2.50 bits per heavy atom. The maximum atomic E-state index is 12.5. The number of nitrogens with two attached hydrogens (primary N) is 1. The van der Waals surface area contributed by atoms with Crippen LogP contribution in [0.3, 0.4) is 0 Å². The molecule has 0 aliphatic carbocycles. The predicted octanol–water partition coefficient (Wildman–Crippen LogP) is 2.00. The molecule has 0 saturated carbocycles. The van der Waals surface area contributed by atoms with Crippen molar-refractivity contribution in [2.75, 3.05) is 11.5 Å². The van der Waals surface area contributed by atoms with Crippen LogP contribution in [0.25, 0.3) is 0 Å². The Bertz CT molecular complexity index is 904. The number of hydrogen-bond acceptors (Lipinski definition) is 5. The van der Waals surface area contributed by atoms with Crippen LogP contribution in [0.15, 0.2) is 33.9 Å². The van der Waals surface area contributed by atoms with Gasteiger partial charge >= 0.3 is 5.69 Å². The smallest absolute Gasteiger partial charge is 0.332 e. The lowest BCUT2D eigenvalue weighted by Gasteiger charge is -2.14. The summed E-state index contributed by atoms with van der Waals surface area (Å²) in [6.45, 7) is 1.93. The van der Waals surface area contributed by atoms with Crippen LogP contribution in [0.4, 0.5) is 5.82 Å². The monoisotopic (exact) mass is 367 g/mol. The first-order valence-electron chi connectivity index (χ1n) is 7.20. The molecule has 0 fully saturated rings. The van der Waals surface area contributed by atoms with Gasteiger partial charge in [0.2, 0.25) is 0 Å². The average molecular weight is 368 g/mol. The predicted molar refractivity (Wildman–Crippen MR) is 98.0 cm³/mol. The van der Waals surface area contributed by atoms with E-state index in [1.54, 1.807) is 6.07 Å². The number of nitrogen functional groups attached to an aromatic ring is 1. The Hall–Kier alpha value is -1.99. The molecule has 0 bridgehead atoms. The van der Waals surface area contributed by atoms with Crippen LogP contribution in [0.2, 0.25) is 5.02 Å². The van der Waals surface area contributed by atoms with E-state index in [1.807, 2.05) is 25.1 Å². The second-order valence-corrected chi connectivity index (χ2v) is 7.10. The van der Waals surface area contributed by atoms with E-state index < -0.39 is 17.0 Å². The highest BCUT2D eigenvalue weighted by molar-refractivity contribution is 8.00. The Kier molecular flexibility index (Phi) is 5.56. The summed E-state index contributed by atoms with van der Waals surface area (Å²) >= 11 is 7.51. The molecule has 6 nitrogen and oxygen atoms in total. The van der Waals surface area contributed by atoms with Crippen LogP contribution >= 0.6 is 23.4 Å². The van der Waals surface area contributed by atoms with Crippen molar-refractivity contribution in [2.24, 2.45) is 14.1 Å². The minimum atomic E-state index is -0.674. The number of halogens is 1. The molecule has 0 aliphatic heterocycles. The van der Waals surface area contributed by atoms with Gasteiger partial charge in [-0.2, -0.15) is 0 Å². The number of ketones is 1. The molecule has 0 radical (unpaired) electrons. The van der Waals surface area contributed by atoms with E-state index >= 15 is 0 Å². The molecule has 0 spiro atoms. The minimum Gasteiger partial charge on any atom is -0.384 e. The number of hydrogen-bond donors (Lipinski definition) is 1. The van der Waals surface area contributed by atoms with Crippen molar-refractivity contribution in [3.05, 3.63) is 61.3 Å².